The Morgan fingerprint density at radius 1 is 0.973 bits per heavy atom. The van der Waals surface area contributed by atoms with E-state index in [2.05, 4.69) is 15.1 Å². The van der Waals surface area contributed by atoms with E-state index in [1.54, 1.807) is 39.6 Å². The predicted molar refractivity (Wildman–Crippen MR) is 140 cm³/mol. The molecular weight excluding hydrogens is 466 g/mol. The highest BCUT2D eigenvalue weighted by Gasteiger charge is 2.20. The molecule has 0 N–H and O–H groups in total. The number of nitrogens with zero attached hydrogens (tertiary/aromatic N) is 7. The van der Waals surface area contributed by atoms with Crippen LogP contribution in [0.5, 0.6) is 5.75 Å². The van der Waals surface area contributed by atoms with Gasteiger partial charge in [-0.05, 0) is 55.0 Å². The minimum absolute atomic E-state index is 0.245. The molecule has 0 fully saturated rings. The molecule has 0 aliphatic carbocycles. The highest BCUT2D eigenvalue weighted by molar-refractivity contribution is 5.92. The first kappa shape index (κ1) is 22.4. The number of hydrogen-bond donors (Lipinski definition) is 0. The maximum Gasteiger partial charge on any atom is 0.283 e. The fraction of sp³-hybridized carbons (Fsp3) is 0.107. The van der Waals surface area contributed by atoms with Crippen molar-refractivity contribution in [3.8, 4) is 28.6 Å². The van der Waals surface area contributed by atoms with Crippen molar-refractivity contribution in [2.24, 2.45) is 0 Å². The van der Waals surface area contributed by atoms with Crippen LogP contribution in [0.1, 0.15) is 11.3 Å². The van der Waals surface area contributed by atoms with Gasteiger partial charge in [-0.2, -0.15) is 10.2 Å². The number of aromatic nitrogens is 7. The van der Waals surface area contributed by atoms with E-state index in [1.807, 2.05) is 79.9 Å². The van der Waals surface area contributed by atoms with Crippen LogP contribution in [0.3, 0.4) is 0 Å². The van der Waals surface area contributed by atoms with Crippen molar-refractivity contribution in [2.75, 3.05) is 7.11 Å². The number of rotatable bonds is 6. The molecular formula is C28H23N7O2. The smallest absolute Gasteiger partial charge is 0.283 e. The minimum atomic E-state index is -0.245. The number of pyridine rings is 3. The molecule has 0 unspecified atom stereocenters. The second-order valence-electron chi connectivity index (χ2n) is 8.61. The lowest BCUT2D eigenvalue weighted by Crippen LogP contribution is -2.17. The van der Waals surface area contributed by atoms with Gasteiger partial charge < -0.3 is 4.74 Å². The summed E-state index contributed by atoms with van der Waals surface area (Å²) in [6.45, 7) is 2.49. The summed E-state index contributed by atoms with van der Waals surface area (Å²) in [7, 11) is 1.64. The Morgan fingerprint density at radius 3 is 2.59 bits per heavy atom. The molecule has 0 bridgehead atoms. The Kier molecular flexibility index (Phi) is 5.57. The van der Waals surface area contributed by atoms with Crippen molar-refractivity contribution in [1.82, 2.24) is 34.1 Å². The number of fused-ring (bicyclic) bond motifs is 1. The van der Waals surface area contributed by atoms with Crippen LogP contribution in [-0.4, -0.2) is 41.2 Å². The van der Waals surface area contributed by atoms with Crippen LogP contribution < -0.4 is 10.3 Å². The maximum absolute atomic E-state index is 13.7. The Balaban J connectivity index is 1.44. The topological polar surface area (TPSA) is 92.6 Å². The number of ether oxygens (including phenoxy) is 1. The van der Waals surface area contributed by atoms with Crippen LogP contribution >= 0.6 is 0 Å². The van der Waals surface area contributed by atoms with Gasteiger partial charge in [0.1, 0.15) is 11.4 Å². The monoisotopic (exact) mass is 489 g/mol. The summed E-state index contributed by atoms with van der Waals surface area (Å²) in [5.74, 6) is 1.42. The molecule has 0 radical (unpaired) electrons. The molecule has 182 valence electrons. The van der Waals surface area contributed by atoms with Crippen molar-refractivity contribution in [3.05, 3.63) is 113 Å². The zero-order valence-corrected chi connectivity index (χ0v) is 20.3. The van der Waals surface area contributed by atoms with Crippen LogP contribution in [0, 0.1) is 6.92 Å². The lowest BCUT2D eigenvalue weighted by molar-refractivity contribution is 0.414. The van der Waals surface area contributed by atoms with E-state index >= 15 is 0 Å². The summed E-state index contributed by atoms with van der Waals surface area (Å²) in [6.07, 6.45) is 6.99. The Labute approximate surface area is 212 Å². The normalized spacial score (nSPS) is 11.2. The summed E-state index contributed by atoms with van der Waals surface area (Å²) < 4.78 is 10.3. The Hall–Kier alpha value is -5.05. The van der Waals surface area contributed by atoms with Crippen molar-refractivity contribution >= 4 is 10.9 Å². The largest absolute Gasteiger partial charge is 0.497 e. The third-order valence-electron chi connectivity index (χ3n) is 6.13. The van der Waals surface area contributed by atoms with E-state index in [1.165, 1.54) is 0 Å². The van der Waals surface area contributed by atoms with Gasteiger partial charge in [0.2, 0.25) is 0 Å². The number of benzene rings is 1. The van der Waals surface area contributed by atoms with Gasteiger partial charge in [-0.1, -0.05) is 24.3 Å². The number of aryl methyl sites for hydroxylation is 1. The molecule has 37 heavy (non-hydrogen) atoms. The molecule has 1 aromatic carbocycles. The van der Waals surface area contributed by atoms with Crippen LogP contribution in [0.25, 0.3) is 33.8 Å². The van der Waals surface area contributed by atoms with E-state index in [4.69, 9.17) is 9.84 Å². The summed E-state index contributed by atoms with van der Waals surface area (Å²) in [5, 5.41) is 9.88. The predicted octanol–water partition coefficient (Wildman–Crippen LogP) is 4.20. The van der Waals surface area contributed by atoms with Gasteiger partial charge in [-0.25, -0.2) is 9.67 Å². The van der Waals surface area contributed by atoms with Crippen molar-refractivity contribution in [3.63, 3.8) is 0 Å². The van der Waals surface area contributed by atoms with Crippen LogP contribution in [0.2, 0.25) is 0 Å². The van der Waals surface area contributed by atoms with E-state index in [9.17, 15) is 4.79 Å². The Morgan fingerprint density at radius 2 is 1.84 bits per heavy atom. The molecule has 0 aliphatic heterocycles. The summed E-state index contributed by atoms with van der Waals surface area (Å²) in [6, 6.07) is 21.1. The van der Waals surface area contributed by atoms with Crippen molar-refractivity contribution < 1.29 is 4.74 Å². The molecule has 9 nitrogen and oxygen atoms in total. The highest BCUT2D eigenvalue weighted by Crippen LogP contribution is 2.28. The molecule has 0 atom stereocenters. The molecule has 5 heterocycles. The van der Waals surface area contributed by atoms with Crippen LogP contribution in [0.4, 0.5) is 0 Å². The minimum Gasteiger partial charge on any atom is -0.497 e. The zero-order chi connectivity index (χ0) is 25.4. The molecule has 0 spiro atoms. The van der Waals surface area contributed by atoms with Gasteiger partial charge in [-0.3, -0.25) is 19.0 Å². The van der Waals surface area contributed by atoms with Gasteiger partial charge in [-0.15, -0.1) is 0 Å². The quantitative estimate of drug-likeness (QED) is 0.348. The second kappa shape index (κ2) is 9.19. The molecule has 0 saturated heterocycles. The fourth-order valence-corrected chi connectivity index (χ4v) is 4.32. The van der Waals surface area contributed by atoms with E-state index in [0.717, 1.165) is 17.0 Å². The third-order valence-corrected chi connectivity index (χ3v) is 6.13. The maximum atomic E-state index is 13.7. The average Bonchev–Trinajstić information content (AvgIpc) is 3.55. The van der Waals surface area contributed by atoms with E-state index in [0.29, 0.717) is 40.3 Å². The lowest BCUT2D eigenvalue weighted by atomic mass is 10.2. The first-order chi connectivity index (χ1) is 18.1. The van der Waals surface area contributed by atoms with Crippen LogP contribution in [0.15, 0.2) is 96.3 Å². The molecule has 5 aromatic heterocycles. The van der Waals surface area contributed by atoms with Gasteiger partial charge in [0.25, 0.3) is 5.56 Å². The van der Waals surface area contributed by atoms with E-state index in [-0.39, 0.29) is 5.56 Å². The standard InChI is InChI=1S/C28H23N7O2/c1-19-6-5-8-25(31-19)35-27(24-7-3-4-14-29-24)23-13-15-34(28(36)26(23)32-35)21-16-30-33(18-21)17-20-9-11-22(37-2)12-10-20/h3-16,18H,17H2,1-2H3. The molecule has 6 rings (SSSR count). The second-order valence-corrected chi connectivity index (χ2v) is 8.61. The third kappa shape index (κ3) is 4.16. The lowest BCUT2D eigenvalue weighted by Gasteiger charge is -2.07. The summed E-state index contributed by atoms with van der Waals surface area (Å²) in [5.41, 5.74) is 4.08. The van der Waals surface area contributed by atoms with Gasteiger partial charge in [0.05, 0.1) is 31.2 Å². The first-order valence-electron chi connectivity index (χ1n) is 11.8. The molecule has 0 saturated carbocycles. The SMILES string of the molecule is COc1ccc(Cn2cc(-n3ccc4c(-c5ccccn5)n(-c5cccc(C)n5)nc4c3=O)cn2)cc1. The average molecular weight is 490 g/mol. The Bertz CT molecular complexity index is 1770. The van der Waals surface area contributed by atoms with Gasteiger partial charge in [0, 0.05) is 29.7 Å². The molecule has 6 aromatic rings. The highest BCUT2D eigenvalue weighted by atomic mass is 16.5. The molecule has 0 amide bonds. The molecule has 9 heteroatoms. The fourth-order valence-electron chi connectivity index (χ4n) is 4.32. The van der Waals surface area contributed by atoms with Crippen LogP contribution in [-0.2, 0) is 6.54 Å². The number of methoxy groups -OCH3 is 1. The molecule has 0 aliphatic rings. The van der Waals surface area contributed by atoms with Crippen molar-refractivity contribution in [2.45, 2.75) is 13.5 Å². The summed E-state index contributed by atoms with van der Waals surface area (Å²) in [4.78, 5) is 22.8. The van der Waals surface area contributed by atoms with Gasteiger partial charge in [0.15, 0.2) is 11.3 Å². The van der Waals surface area contributed by atoms with Crippen molar-refractivity contribution in [1.29, 1.82) is 0 Å². The first-order valence-corrected chi connectivity index (χ1v) is 11.8. The zero-order valence-electron chi connectivity index (χ0n) is 20.3. The van der Waals surface area contributed by atoms with E-state index < -0.39 is 0 Å². The summed E-state index contributed by atoms with van der Waals surface area (Å²) >= 11 is 0. The number of hydrogen-bond acceptors (Lipinski definition) is 6. The van der Waals surface area contributed by atoms with Gasteiger partial charge >= 0.3 is 0 Å².